The number of ketones is 1. The molecule has 0 saturated carbocycles. The molecule has 17 heavy (non-hydrogen) atoms. The highest BCUT2D eigenvalue weighted by Crippen LogP contribution is 2.25. The minimum atomic E-state index is 0.0607. The van der Waals surface area contributed by atoms with Crippen molar-refractivity contribution in [2.24, 2.45) is 7.05 Å². The predicted molar refractivity (Wildman–Crippen MR) is 73.0 cm³/mol. The fourth-order valence-corrected chi connectivity index (χ4v) is 3.13. The third-order valence-electron chi connectivity index (χ3n) is 2.44. The first-order valence-electron chi connectivity index (χ1n) is 4.95. The van der Waals surface area contributed by atoms with Gasteiger partial charge in [0.05, 0.1) is 31.5 Å². The van der Waals surface area contributed by atoms with E-state index in [0.29, 0.717) is 5.02 Å². The second-order valence-electron chi connectivity index (χ2n) is 3.67. The van der Waals surface area contributed by atoms with Crippen molar-refractivity contribution in [2.45, 2.75) is 13.3 Å². The number of carbonyl (C=O) groups excluding carboxylic acids is 1. The van der Waals surface area contributed by atoms with Crippen molar-refractivity contribution < 1.29 is 4.79 Å². The van der Waals surface area contributed by atoms with Crippen molar-refractivity contribution in [1.82, 2.24) is 9.78 Å². The van der Waals surface area contributed by atoms with E-state index >= 15 is 0 Å². The minimum Gasteiger partial charge on any atom is -0.293 e. The van der Waals surface area contributed by atoms with Crippen LogP contribution in [0.25, 0.3) is 0 Å². The second-order valence-corrected chi connectivity index (χ2v) is 6.51. The van der Waals surface area contributed by atoms with E-state index in [1.165, 1.54) is 11.3 Å². The van der Waals surface area contributed by atoms with Gasteiger partial charge in [0.2, 0.25) is 0 Å². The third-order valence-corrected chi connectivity index (χ3v) is 4.59. The van der Waals surface area contributed by atoms with Gasteiger partial charge in [-0.3, -0.25) is 9.48 Å². The summed E-state index contributed by atoms with van der Waals surface area (Å²) in [5.41, 5.74) is 1.52. The molecule has 0 aliphatic rings. The summed E-state index contributed by atoms with van der Waals surface area (Å²) in [5, 5.41) is 4.77. The van der Waals surface area contributed by atoms with Crippen molar-refractivity contribution in [1.29, 1.82) is 0 Å². The standard InChI is InChI=1S/C11H10BrClN2OS/c1-6-11(13)7(15(2)14-6)5-8(16)9-3-4-10(12)17-9/h3-4H,5H2,1-2H3. The Labute approximate surface area is 117 Å². The van der Waals surface area contributed by atoms with Gasteiger partial charge in [-0.25, -0.2) is 0 Å². The largest absolute Gasteiger partial charge is 0.293 e. The molecule has 90 valence electrons. The maximum atomic E-state index is 12.0. The van der Waals surface area contributed by atoms with Crippen LogP contribution in [0.15, 0.2) is 15.9 Å². The number of hydrogen-bond acceptors (Lipinski definition) is 3. The Morgan fingerprint density at radius 3 is 2.76 bits per heavy atom. The van der Waals surface area contributed by atoms with Gasteiger partial charge in [-0.05, 0) is 35.0 Å². The summed E-state index contributed by atoms with van der Waals surface area (Å²) in [6.07, 6.45) is 0.281. The number of aryl methyl sites for hydroxylation is 2. The second kappa shape index (κ2) is 4.92. The molecular weight excluding hydrogens is 324 g/mol. The number of halogens is 2. The lowest BCUT2D eigenvalue weighted by Crippen LogP contribution is -2.06. The van der Waals surface area contributed by atoms with Gasteiger partial charge in [0.15, 0.2) is 5.78 Å². The molecule has 0 saturated heterocycles. The fourth-order valence-electron chi connectivity index (χ4n) is 1.58. The van der Waals surface area contributed by atoms with E-state index < -0.39 is 0 Å². The molecule has 0 spiro atoms. The Morgan fingerprint density at radius 2 is 2.29 bits per heavy atom. The maximum absolute atomic E-state index is 12.0. The number of hydrogen-bond donors (Lipinski definition) is 0. The van der Waals surface area contributed by atoms with E-state index in [-0.39, 0.29) is 12.2 Å². The Kier molecular flexibility index (Phi) is 3.70. The van der Waals surface area contributed by atoms with Crippen LogP contribution in [0.5, 0.6) is 0 Å². The lowest BCUT2D eigenvalue weighted by Gasteiger charge is -2.00. The summed E-state index contributed by atoms with van der Waals surface area (Å²) in [6, 6.07) is 3.68. The summed E-state index contributed by atoms with van der Waals surface area (Å²) in [5.74, 6) is 0.0607. The van der Waals surface area contributed by atoms with E-state index in [0.717, 1.165) is 20.1 Å². The average molecular weight is 334 g/mol. The fraction of sp³-hybridized carbons (Fsp3) is 0.273. The summed E-state index contributed by atoms with van der Waals surface area (Å²) in [4.78, 5) is 12.8. The maximum Gasteiger partial charge on any atom is 0.178 e. The molecule has 0 amide bonds. The van der Waals surface area contributed by atoms with Gasteiger partial charge in [-0.15, -0.1) is 11.3 Å². The summed E-state index contributed by atoms with van der Waals surface area (Å²) in [7, 11) is 1.80. The van der Waals surface area contributed by atoms with Crippen LogP contribution in [0.3, 0.4) is 0 Å². The molecule has 0 aliphatic heterocycles. The normalized spacial score (nSPS) is 10.8. The summed E-state index contributed by atoms with van der Waals surface area (Å²) < 4.78 is 2.62. The predicted octanol–water partition coefficient (Wildman–Crippen LogP) is 3.63. The van der Waals surface area contributed by atoms with Gasteiger partial charge < -0.3 is 0 Å². The van der Waals surface area contributed by atoms with Crippen LogP contribution in [0, 0.1) is 6.92 Å². The average Bonchev–Trinajstić information content (AvgIpc) is 2.79. The molecule has 2 aromatic heterocycles. The number of thiophene rings is 1. The van der Waals surface area contributed by atoms with E-state index in [4.69, 9.17) is 11.6 Å². The molecule has 2 rings (SSSR count). The SMILES string of the molecule is Cc1nn(C)c(CC(=O)c2ccc(Br)s2)c1Cl. The summed E-state index contributed by atoms with van der Waals surface area (Å²) in [6.45, 7) is 1.83. The quantitative estimate of drug-likeness (QED) is 0.804. The van der Waals surface area contributed by atoms with Crippen LogP contribution in [-0.4, -0.2) is 15.6 Å². The zero-order valence-corrected chi connectivity index (χ0v) is 12.5. The first kappa shape index (κ1) is 12.8. The molecule has 0 N–H and O–H groups in total. The molecular formula is C11H10BrClN2OS. The van der Waals surface area contributed by atoms with Crippen molar-refractivity contribution in [3.63, 3.8) is 0 Å². The van der Waals surface area contributed by atoms with Crippen molar-refractivity contribution >= 4 is 44.7 Å². The highest BCUT2D eigenvalue weighted by Gasteiger charge is 2.16. The molecule has 0 bridgehead atoms. The Bertz CT molecular complexity index is 576. The highest BCUT2D eigenvalue weighted by atomic mass is 79.9. The van der Waals surface area contributed by atoms with Gasteiger partial charge in [-0.2, -0.15) is 5.10 Å². The molecule has 0 aliphatic carbocycles. The summed E-state index contributed by atoms with van der Waals surface area (Å²) >= 11 is 10.9. The van der Waals surface area contributed by atoms with Gasteiger partial charge >= 0.3 is 0 Å². The van der Waals surface area contributed by atoms with Crippen LogP contribution in [-0.2, 0) is 13.5 Å². The zero-order valence-electron chi connectivity index (χ0n) is 9.33. The molecule has 2 aromatic rings. The van der Waals surface area contributed by atoms with Gasteiger partial charge in [-0.1, -0.05) is 11.6 Å². The van der Waals surface area contributed by atoms with Crippen LogP contribution in [0.1, 0.15) is 21.1 Å². The van der Waals surface area contributed by atoms with Crippen molar-refractivity contribution in [3.8, 4) is 0 Å². The Balaban J connectivity index is 2.24. The van der Waals surface area contributed by atoms with E-state index in [1.807, 2.05) is 19.1 Å². The first-order valence-corrected chi connectivity index (χ1v) is 6.94. The van der Waals surface area contributed by atoms with E-state index in [2.05, 4.69) is 21.0 Å². The highest BCUT2D eigenvalue weighted by molar-refractivity contribution is 9.11. The number of carbonyl (C=O) groups is 1. The molecule has 0 fully saturated rings. The number of Topliss-reactive ketones (excluding diaryl/α,β-unsaturated/α-hetero) is 1. The number of rotatable bonds is 3. The number of aromatic nitrogens is 2. The minimum absolute atomic E-state index is 0.0607. The molecule has 0 aromatic carbocycles. The molecule has 0 radical (unpaired) electrons. The molecule has 6 heteroatoms. The third kappa shape index (κ3) is 2.61. The monoisotopic (exact) mass is 332 g/mol. The molecule has 3 nitrogen and oxygen atoms in total. The lowest BCUT2D eigenvalue weighted by molar-refractivity contribution is 0.0994. The van der Waals surface area contributed by atoms with Crippen molar-refractivity contribution in [2.75, 3.05) is 0 Å². The lowest BCUT2D eigenvalue weighted by atomic mass is 10.2. The van der Waals surface area contributed by atoms with Crippen LogP contribution < -0.4 is 0 Å². The van der Waals surface area contributed by atoms with Crippen LogP contribution in [0.4, 0.5) is 0 Å². The number of nitrogens with zero attached hydrogens (tertiary/aromatic N) is 2. The van der Waals surface area contributed by atoms with Crippen molar-refractivity contribution in [3.05, 3.63) is 37.2 Å². The van der Waals surface area contributed by atoms with Gasteiger partial charge in [0, 0.05) is 7.05 Å². The zero-order chi connectivity index (χ0) is 12.6. The smallest absolute Gasteiger partial charge is 0.178 e. The van der Waals surface area contributed by atoms with E-state index in [9.17, 15) is 4.79 Å². The Hall–Kier alpha value is -0.650. The molecule has 0 atom stereocenters. The Morgan fingerprint density at radius 1 is 1.59 bits per heavy atom. The first-order chi connectivity index (χ1) is 7.99. The molecule has 0 unspecified atom stereocenters. The van der Waals surface area contributed by atoms with Gasteiger partial charge in [0.25, 0.3) is 0 Å². The topological polar surface area (TPSA) is 34.9 Å². The van der Waals surface area contributed by atoms with Gasteiger partial charge in [0.1, 0.15) is 0 Å². The van der Waals surface area contributed by atoms with Crippen LogP contribution >= 0.6 is 38.9 Å². The van der Waals surface area contributed by atoms with E-state index in [1.54, 1.807) is 11.7 Å². The van der Waals surface area contributed by atoms with Crippen LogP contribution in [0.2, 0.25) is 5.02 Å². The molecule has 2 heterocycles.